The van der Waals surface area contributed by atoms with Gasteiger partial charge in [-0.3, -0.25) is 4.79 Å². The number of aliphatic hydroxyl groups excluding tert-OH is 11. The molecule has 19 nitrogen and oxygen atoms in total. The molecule has 0 bridgehead atoms. The molecule has 0 aliphatic carbocycles. The number of aromatic hydroxyl groups is 2. The van der Waals surface area contributed by atoms with Gasteiger partial charge in [0.25, 0.3) is 0 Å². The summed E-state index contributed by atoms with van der Waals surface area (Å²) in [6.07, 6.45) is -26.5. The number of fused-ring (bicyclic) bond motifs is 1. The molecular formula is C31H38O19. The highest BCUT2D eigenvalue weighted by Gasteiger charge is 2.51. The van der Waals surface area contributed by atoms with Crippen LogP contribution in [0.25, 0.3) is 22.3 Å². The van der Waals surface area contributed by atoms with Gasteiger partial charge in [0.2, 0.25) is 23.8 Å². The van der Waals surface area contributed by atoms with Crippen LogP contribution in [0.3, 0.4) is 0 Å². The minimum Gasteiger partial charge on any atom is -0.508 e. The van der Waals surface area contributed by atoms with Gasteiger partial charge in [0.05, 0.1) is 12.7 Å². The zero-order chi connectivity index (χ0) is 36.8. The number of rotatable bonds is 10. The van der Waals surface area contributed by atoms with Crippen LogP contribution in [0.5, 0.6) is 23.0 Å². The summed E-state index contributed by atoms with van der Waals surface area (Å²) in [4.78, 5) is 14.0. The molecule has 0 spiro atoms. The molecule has 50 heavy (non-hydrogen) atoms. The van der Waals surface area contributed by atoms with Crippen molar-refractivity contribution in [3.05, 3.63) is 46.6 Å². The Labute approximate surface area is 281 Å². The Morgan fingerprint density at radius 2 is 1.36 bits per heavy atom. The topological polar surface area (TPSA) is 330 Å². The lowest BCUT2D eigenvalue weighted by Gasteiger charge is -2.43. The third kappa shape index (κ3) is 7.09. The lowest BCUT2D eigenvalue weighted by atomic mass is 9.90. The predicted molar refractivity (Wildman–Crippen MR) is 163 cm³/mol. The molecule has 0 amide bonds. The van der Waals surface area contributed by atoms with Gasteiger partial charge in [-0.2, -0.15) is 0 Å². The first-order valence-electron chi connectivity index (χ1n) is 15.2. The van der Waals surface area contributed by atoms with E-state index >= 15 is 0 Å². The number of phenolic OH excluding ortho intramolecular Hbond substituents is 2. The van der Waals surface area contributed by atoms with E-state index in [-0.39, 0.29) is 22.6 Å². The van der Waals surface area contributed by atoms with Crippen LogP contribution in [0.1, 0.15) is 6.92 Å². The standard InChI is InChI=1S/C31H38O19/c1-9(33)17(36)20(39)23(42)28-24(43)22(41)26(45)31(49-28)50-29-19(38)16-13(35)6-12(46-30-25(44)21(40)18(37)15(8-32)48-30)7-14(16)47-27(29)10-2-4-11(34)5-3-10/h2-7,9,15,17-18,20-26,28,30-37,39-45H,8H2,1H3. The van der Waals surface area contributed by atoms with Gasteiger partial charge in [0, 0.05) is 17.7 Å². The number of ether oxygens (including phenoxy) is 4. The van der Waals surface area contributed by atoms with Gasteiger partial charge in [0.15, 0.2) is 5.76 Å². The number of benzene rings is 2. The van der Waals surface area contributed by atoms with Crippen LogP contribution in [0.15, 0.2) is 45.6 Å². The second kappa shape index (κ2) is 14.9. The first kappa shape index (κ1) is 37.6. The van der Waals surface area contributed by atoms with Crippen molar-refractivity contribution in [1.82, 2.24) is 0 Å². The highest BCUT2D eigenvalue weighted by Crippen LogP contribution is 2.39. The van der Waals surface area contributed by atoms with Crippen molar-refractivity contribution in [3.8, 4) is 34.3 Å². The minimum atomic E-state index is -2.18. The van der Waals surface area contributed by atoms with E-state index in [1.165, 1.54) is 24.3 Å². The van der Waals surface area contributed by atoms with Crippen LogP contribution >= 0.6 is 0 Å². The fourth-order valence-electron chi connectivity index (χ4n) is 5.59. The molecule has 2 aromatic carbocycles. The van der Waals surface area contributed by atoms with Crippen LogP contribution in [-0.4, -0.2) is 159 Å². The van der Waals surface area contributed by atoms with Gasteiger partial charge in [-0.1, -0.05) is 0 Å². The van der Waals surface area contributed by atoms with E-state index in [2.05, 4.69) is 0 Å². The van der Waals surface area contributed by atoms with E-state index in [0.717, 1.165) is 19.1 Å². The van der Waals surface area contributed by atoms with Gasteiger partial charge in [-0.05, 0) is 31.2 Å². The van der Waals surface area contributed by atoms with Crippen LogP contribution in [-0.2, 0) is 9.47 Å². The first-order chi connectivity index (χ1) is 23.5. The van der Waals surface area contributed by atoms with Crippen molar-refractivity contribution in [2.45, 2.75) is 92.8 Å². The Morgan fingerprint density at radius 1 is 0.760 bits per heavy atom. The van der Waals surface area contributed by atoms with E-state index < -0.39 is 121 Å². The van der Waals surface area contributed by atoms with Gasteiger partial charge in [-0.25, -0.2) is 0 Å². The smallest absolute Gasteiger partial charge is 0.239 e. The molecule has 276 valence electrons. The molecule has 13 N–H and O–H groups in total. The summed E-state index contributed by atoms with van der Waals surface area (Å²) in [5.74, 6) is -2.44. The molecule has 2 saturated heterocycles. The highest BCUT2D eigenvalue weighted by molar-refractivity contribution is 5.88. The van der Waals surface area contributed by atoms with Crippen molar-refractivity contribution < 1.29 is 89.7 Å². The summed E-state index contributed by atoms with van der Waals surface area (Å²) in [5, 5.41) is 133. The second-order valence-corrected chi connectivity index (χ2v) is 12.0. The largest absolute Gasteiger partial charge is 0.508 e. The molecule has 5 rings (SSSR count). The Kier molecular flexibility index (Phi) is 11.2. The van der Waals surface area contributed by atoms with Gasteiger partial charge >= 0.3 is 0 Å². The maximum Gasteiger partial charge on any atom is 0.239 e. The number of hydrogen-bond donors (Lipinski definition) is 13. The average Bonchev–Trinajstić information content (AvgIpc) is 3.08. The Hall–Kier alpha value is -3.67. The quantitative estimate of drug-likeness (QED) is 0.0944. The van der Waals surface area contributed by atoms with E-state index in [1.54, 1.807) is 0 Å². The SMILES string of the molecule is CC(O)C(O)C(O)C(O)C1OC(Oc2c(-c3ccc(O)cc3)oc3cc(OC4OC(CO)C(O)C(O)C4O)cc(O)c3c2=O)C(O)C(O)C1O. The normalized spacial score (nSPS) is 32.6. The Bertz CT molecular complexity index is 1680. The predicted octanol–water partition coefficient (Wildman–Crippen LogP) is -4.30. The molecular weight excluding hydrogens is 676 g/mol. The van der Waals surface area contributed by atoms with Gasteiger partial charge < -0.3 is 89.7 Å². The molecule has 0 radical (unpaired) electrons. The summed E-state index contributed by atoms with van der Waals surface area (Å²) < 4.78 is 28.0. The van der Waals surface area contributed by atoms with Gasteiger partial charge in [0.1, 0.15) is 95.4 Å². The third-order valence-corrected chi connectivity index (χ3v) is 8.51. The minimum absolute atomic E-state index is 0.0643. The third-order valence-electron chi connectivity index (χ3n) is 8.51. The first-order valence-corrected chi connectivity index (χ1v) is 15.2. The molecule has 0 saturated carbocycles. The molecule has 2 fully saturated rings. The van der Waals surface area contributed by atoms with Crippen LogP contribution < -0.4 is 14.9 Å². The maximum atomic E-state index is 14.0. The number of aliphatic hydroxyl groups is 11. The fraction of sp³-hybridized carbons (Fsp3) is 0.516. The van der Waals surface area contributed by atoms with Crippen LogP contribution in [0.2, 0.25) is 0 Å². The molecule has 14 unspecified atom stereocenters. The molecule has 19 heteroatoms. The second-order valence-electron chi connectivity index (χ2n) is 12.0. The fourth-order valence-corrected chi connectivity index (χ4v) is 5.59. The molecule has 14 atom stereocenters. The van der Waals surface area contributed by atoms with Crippen molar-refractivity contribution in [3.63, 3.8) is 0 Å². The molecule has 3 aromatic rings. The zero-order valence-electron chi connectivity index (χ0n) is 26.0. The summed E-state index contributed by atoms with van der Waals surface area (Å²) >= 11 is 0. The lowest BCUT2D eigenvalue weighted by molar-refractivity contribution is -0.298. The summed E-state index contributed by atoms with van der Waals surface area (Å²) in [5.41, 5.74) is -1.41. The Balaban J connectivity index is 1.55. The summed E-state index contributed by atoms with van der Waals surface area (Å²) in [7, 11) is 0. The maximum absolute atomic E-state index is 14.0. The summed E-state index contributed by atoms with van der Waals surface area (Å²) in [6, 6.07) is 6.99. The van der Waals surface area contributed by atoms with E-state index in [4.69, 9.17) is 23.4 Å². The van der Waals surface area contributed by atoms with E-state index in [0.29, 0.717) is 0 Å². The number of phenols is 2. The van der Waals surface area contributed by atoms with E-state index in [1.807, 2.05) is 0 Å². The molecule has 1 aromatic heterocycles. The van der Waals surface area contributed by atoms with Crippen LogP contribution in [0.4, 0.5) is 0 Å². The molecule has 3 heterocycles. The van der Waals surface area contributed by atoms with E-state index in [9.17, 15) is 71.2 Å². The average molecular weight is 715 g/mol. The Morgan fingerprint density at radius 3 is 1.96 bits per heavy atom. The lowest BCUT2D eigenvalue weighted by Crippen LogP contribution is -2.64. The zero-order valence-corrected chi connectivity index (χ0v) is 26.0. The van der Waals surface area contributed by atoms with Gasteiger partial charge in [-0.15, -0.1) is 0 Å². The highest BCUT2D eigenvalue weighted by atomic mass is 16.7. The van der Waals surface area contributed by atoms with Crippen molar-refractivity contribution >= 4 is 11.0 Å². The summed E-state index contributed by atoms with van der Waals surface area (Å²) in [6.45, 7) is 0.355. The molecule has 2 aliphatic rings. The van der Waals surface area contributed by atoms with Crippen molar-refractivity contribution in [2.24, 2.45) is 0 Å². The number of hydrogen-bond acceptors (Lipinski definition) is 19. The van der Waals surface area contributed by atoms with Crippen LogP contribution in [0, 0.1) is 0 Å². The monoisotopic (exact) mass is 714 g/mol. The van der Waals surface area contributed by atoms with Crippen molar-refractivity contribution in [1.29, 1.82) is 0 Å². The van der Waals surface area contributed by atoms with Crippen molar-refractivity contribution in [2.75, 3.05) is 6.61 Å². The molecule has 2 aliphatic heterocycles.